The van der Waals surface area contributed by atoms with E-state index in [0.717, 1.165) is 10.4 Å². The molecule has 17 heavy (non-hydrogen) atoms. The summed E-state index contributed by atoms with van der Waals surface area (Å²) in [6.07, 6.45) is 1.20. The van der Waals surface area contributed by atoms with Crippen molar-refractivity contribution in [2.45, 2.75) is 38.8 Å². The summed E-state index contributed by atoms with van der Waals surface area (Å²) in [6.45, 7) is 3.83. The highest BCUT2D eigenvalue weighted by atomic mass is 32.1. The number of amides is 2. The number of rotatable bonds is 2. The van der Waals surface area contributed by atoms with Crippen molar-refractivity contribution in [1.82, 2.24) is 10.6 Å². The van der Waals surface area contributed by atoms with Gasteiger partial charge in [0, 0.05) is 12.5 Å². The third kappa shape index (κ3) is 2.66. The predicted molar refractivity (Wildman–Crippen MR) is 67.4 cm³/mol. The maximum Gasteiger partial charge on any atom is 0.315 e. The van der Waals surface area contributed by atoms with Gasteiger partial charge in [0.25, 0.3) is 0 Å². The van der Waals surface area contributed by atoms with Gasteiger partial charge in [0.05, 0.1) is 10.9 Å². The Bertz CT molecular complexity index is 439. The maximum atomic E-state index is 11.6. The first-order valence-corrected chi connectivity index (χ1v) is 6.63. The minimum absolute atomic E-state index is 0.0345. The molecule has 1 aliphatic carbocycles. The Kier molecular flexibility index (Phi) is 3.47. The zero-order valence-corrected chi connectivity index (χ0v) is 10.8. The van der Waals surface area contributed by atoms with Crippen LogP contribution in [0, 0.1) is 0 Å². The third-order valence-electron chi connectivity index (χ3n) is 2.71. The highest BCUT2D eigenvalue weighted by molar-refractivity contribution is 7.12. The first-order chi connectivity index (χ1) is 8.08. The number of ketones is 1. The van der Waals surface area contributed by atoms with Crippen molar-refractivity contribution >= 4 is 23.2 Å². The lowest BCUT2D eigenvalue weighted by Crippen LogP contribution is -2.42. The SMILES string of the molecule is CC(C)NC(=O)NC1CCC(=O)c2sccc21. The number of thiophene rings is 1. The largest absolute Gasteiger partial charge is 0.336 e. The van der Waals surface area contributed by atoms with Crippen molar-refractivity contribution in [3.63, 3.8) is 0 Å². The molecule has 0 aromatic carbocycles. The lowest BCUT2D eigenvalue weighted by atomic mass is 9.93. The molecule has 4 nitrogen and oxygen atoms in total. The van der Waals surface area contributed by atoms with E-state index in [0.29, 0.717) is 12.8 Å². The maximum absolute atomic E-state index is 11.6. The van der Waals surface area contributed by atoms with Crippen molar-refractivity contribution in [2.75, 3.05) is 0 Å². The van der Waals surface area contributed by atoms with Crippen LogP contribution in [-0.2, 0) is 0 Å². The second kappa shape index (κ2) is 4.87. The zero-order chi connectivity index (χ0) is 12.4. The minimum atomic E-state index is -0.170. The van der Waals surface area contributed by atoms with Gasteiger partial charge < -0.3 is 10.6 Å². The molecule has 1 aliphatic rings. The van der Waals surface area contributed by atoms with Gasteiger partial charge in [-0.25, -0.2) is 4.79 Å². The molecule has 0 saturated carbocycles. The Morgan fingerprint density at radius 2 is 2.29 bits per heavy atom. The van der Waals surface area contributed by atoms with Gasteiger partial charge in [0.1, 0.15) is 0 Å². The van der Waals surface area contributed by atoms with Gasteiger partial charge in [-0.15, -0.1) is 11.3 Å². The average molecular weight is 252 g/mol. The lowest BCUT2D eigenvalue weighted by Gasteiger charge is -2.23. The summed E-state index contributed by atoms with van der Waals surface area (Å²) in [7, 11) is 0. The second-order valence-electron chi connectivity index (χ2n) is 4.49. The van der Waals surface area contributed by atoms with Crippen LogP contribution in [-0.4, -0.2) is 17.9 Å². The summed E-state index contributed by atoms with van der Waals surface area (Å²) in [5, 5.41) is 7.62. The Labute approximate surface area is 104 Å². The van der Waals surface area contributed by atoms with E-state index in [2.05, 4.69) is 10.6 Å². The first kappa shape index (κ1) is 12.1. The molecule has 0 bridgehead atoms. The molecule has 1 atom stereocenters. The average Bonchev–Trinajstić information content (AvgIpc) is 2.70. The standard InChI is InChI=1S/C12H16N2O2S/c1-7(2)13-12(16)14-9-3-4-10(15)11-8(9)5-6-17-11/h5-7,9H,3-4H2,1-2H3,(H2,13,14,16). The molecule has 0 radical (unpaired) electrons. The molecule has 2 rings (SSSR count). The van der Waals surface area contributed by atoms with Crippen LogP contribution in [0.2, 0.25) is 0 Å². The molecular formula is C12H16N2O2S. The van der Waals surface area contributed by atoms with E-state index in [-0.39, 0.29) is 23.9 Å². The van der Waals surface area contributed by atoms with Gasteiger partial charge in [-0.2, -0.15) is 0 Å². The summed E-state index contributed by atoms with van der Waals surface area (Å²) in [4.78, 5) is 24.1. The first-order valence-electron chi connectivity index (χ1n) is 5.75. The van der Waals surface area contributed by atoms with Crippen LogP contribution in [0.15, 0.2) is 11.4 Å². The Balaban J connectivity index is 2.07. The quantitative estimate of drug-likeness (QED) is 0.849. The van der Waals surface area contributed by atoms with Crippen molar-refractivity contribution in [3.05, 3.63) is 21.9 Å². The van der Waals surface area contributed by atoms with Gasteiger partial charge >= 0.3 is 6.03 Å². The smallest absolute Gasteiger partial charge is 0.315 e. The molecule has 0 fully saturated rings. The summed E-state index contributed by atoms with van der Waals surface area (Å²) < 4.78 is 0. The number of Topliss-reactive ketones (excluding diaryl/α,β-unsaturated/α-hetero) is 1. The molecule has 1 aromatic rings. The summed E-state index contributed by atoms with van der Waals surface area (Å²) >= 11 is 1.46. The molecule has 2 N–H and O–H groups in total. The molecule has 0 spiro atoms. The molecule has 0 saturated heterocycles. The van der Waals surface area contributed by atoms with Gasteiger partial charge in [0.15, 0.2) is 5.78 Å². The molecule has 1 heterocycles. The Hall–Kier alpha value is -1.36. The number of hydrogen-bond donors (Lipinski definition) is 2. The van der Waals surface area contributed by atoms with E-state index < -0.39 is 0 Å². The normalized spacial score (nSPS) is 19.0. The zero-order valence-electron chi connectivity index (χ0n) is 9.95. The number of nitrogens with one attached hydrogen (secondary N) is 2. The molecule has 1 aromatic heterocycles. The number of carbonyl (C=O) groups is 2. The summed E-state index contributed by atoms with van der Waals surface area (Å²) in [5.41, 5.74) is 0.963. The number of urea groups is 1. The third-order valence-corrected chi connectivity index (χ3v) is 3.68. The van der Waals surface area contributed by atoms with E-state index >= 15 is 0 Å². The van der Waals surface area contributed by atoms with Crippen molar-refractivity contribution in [3.8, 4) is 0 Å². The van der Waals surface area contributed by atoms with Crippen LogP contribution in [0.5, 0.6) is 0 Å². The Morgan fingerprint density at radius 1 is 1.53 bits per heavy atom. The molecule has 1 unspecified atom stereocenters. The summed E-state index contributed by atoms with van der Waals surface area (Å²) in [5.74, 6) is 0.192. The highest BCUT2D eigenvalue weighted by Crippen LogP contribution is 2.33. The van der Waals surface area contributed by atoms with E-state index in [4.69, 9.17) is 0 Å². The fourth-order valence-electron chi connectivity index (χ4n) is 1.98. The molecular weight excluding hydrogens is 236 g/mol. The van der Waals surface area contributed by atoms with E-state index in [1.165, 1.54) is 11.3 Å². The fraction of sp³-hybridized carbons (Fsp3) is 0.500. The molecule has 92 valence electrons. The molecule has 2 amide bonds. The van der Waals surface area contributed by atoms with Crippen LogP contribution < -0.4 is 10.6 Å². The lowest BCUT2D eigenvalue weighted by molar-refractivity contribution is 0.0968. The van der Waals surface area contributed by atoms with E-state index in [1.807, 2.05) is 25.3 Å². The minimum Gasteiger partial charge on any atom is -0.336 e. The topological polar surface area (TPSA) is 58.2 Å². The number of carbonyl (C=O) groups excluding carboxylic acids is 2. The van der Waals surface area contributed by atoms with Gasteiger partial charge in [-0.3, -0.25) is 4.79 Å². The second-order valence-corrected chi connectivity index (χ2v) is 5.41. The summed E-state index contributed by atoms with van der Waals surface area (Å²) in [6, 6.07) is 1.84. The van der Waals surface area contributed by atoms with E-state index in [1.54, 1.807) is 0 Å². The van der Waals surface area contributed by atoms with Crippen molar-refractivity contribution in [2.24, 2.45) is 0 Å². The predicted octanol–water partition coefficient (Wildman–Crippen LogP) is 2.47. The molecule has 5 heteroatoms. The van der Waals surface area contributed by atoms with Crippen molar-refractivity contribution in [1.29, 1.82) is 0 Å². The van der Waals surface area contributed by atoms with Crippen LogP contribution in [0.1, 0.15) is 48.0 Å². The Morgan fingerprint density at radius 3 is 3.00 bits per heavy atom. The fourth-order valence-corrected chi connectivity index (χ4v) is 2.91. The highest BCUT2D eigenvalue weighted by Gasteiger charge is 2.27. The number of fused-ring (bicyclic) bond motifs is 1. The van der Waals surface area contributed by atoms with E-state index in [9.17, 15) is 9.59 Å². The van der Waals surface area contributed by atoms with Crippen molar-refractivity contribution < 1.29 is 9.59 Å². The van der Waals surface area contributed by atoms with Gasteiger partial charge in [-0.1, -0.05) is 0 Å². The van der Waals surface area contributed by atoms with Gasteiger partial charge in [0.2, 0.25) is 0 Å². The van der Waals surface area contributed by atoms with Crippen LogP contribution in [0.25, 0.3) is 0 Å². The van der Waals surface area contributed by atoms with Crippen LogP contribution in [0.3, 0.4) is 0 Å². The van der Waals surface area contributed by atoms with Crippen LogP contribution in [0.4, 0.5) is 4.79 Å². The number of hydrogen-bond acceptors (Lipinski definition) is 3. The van der Waals surface area contributed by atoms with Crippen LogP contribution >= 0.6 is 11.3 Å². The van der Waals surface area contributed by atoms with Gasteiger partial charge in [-0.05, 0) is 37.3 Å². The monoisotopic (exact) mass is 252 g/mol. The molecule has 0 aliphatic heterocycles.